The van der Waals surface area contributed by atoms with Gasteiger partial charge in [0.15, 0.2) is 0 Å². The fraction of sp³-hybridized carbons (Fsp3) is 0.350. The highest BCUT2D eigenvalue weighted by atomic mass is 16.5. The van der Waals surface area contributed by atoms with Crippen molar-refractivity contribution in [3.8, 4) is 0 Å². The minimum Gasteiger partial charge on any atom is -0.384 e. The van der Waals surface area contributed by atoms with Gasteiger partial charge in [-0.1, -0.05) is 24.3 Å². The summed E-state index contributed by atoms with van der Waals surface area (Å²) in [5, 5.41) is 1.04. The highest BCUT2D eigenvalue weighted by Gasteiger charge is 2.31. The SMILES string of the molecule is COCCc1cnc2n1CCN(C(=O)c1ccc3ccccc3n1)[C@H]2C. The average molecular weight is 350 g/mol. The van der Waals surface area contributed by atoms with Crippen LogP contribution in [-0.2, 0) is 17.7 Å². The summed E-state index contributed by atoms with van der Waals surface area (Å²) in [6.45, 7) is 4.09. The van der Waals surface area contributed by atoms with E-state index in [1.807, 2.05) is 54.4 Å². The fourth-order valence-electron chi connectivity index (χ4n) is 3.58. The van der Waals surface area contributed by atoms with Gasteiger partial charge in [-0.05, 0) is 19.1 Å². The molecule has 6 nitrogen and oxygen atoms in total. The summed E-state index contributed by atoms with van der Waals surface area (Å²) in [7, 11) is 1.70. The molecule has 134 valence electrons. The molecule has 0 spiro atoms. The summed E-state index contributed by atoms with van der Waals surface area (Å²) >= 11 is 0. The van der Waals surface area contributed by atoms with Gasteiger partial charge in [0.1, 0.15) is 11.5 Å². The van der Waals surface area contributed by atoms with Crippen LogP contribution in [0.15, 0.2) is 42.6 Å². The molecule has 6 heteroatoms. The Morgan fingerprint density at radius 3 is 2.92 bits per heavy atom. The zero-order chi connectivity index (χ0) is 18.1. The number of carbonyl (C=O) groups is 1. The number of rotatable bonds is 4. The molecule has 26 heavy (non-hydrogen) atoms. The number of pyridine rings is 1. The molecule has 0 saturated heterocycles. The van der Waals surface area contributed by atoms with Crippen LogP contribution in [0.5, 0.6) is 0 Å². The summed E-state index contributed by atoms with van der Waals surface area (Å²) in [6, 6.07) is 11.5. The van der Waals surface area contributed by atoms with Crippen molar-refractivity contribution in [1.29, 1.82) is 0 Å². The Bertz CT molecular complexity index is 950. The summed E-state index contributed by atoms with van der Waals surface area (Å²) in [6.07, 6.45) is 2.73. The molecule has 2 aromatic heterocycles. The van der Waals surface area contributed by atoms with Crippen LogP contribution in [0.2, 0.25) is 0 Å². The van der Waals surface area contributed by atoms with E-state index < -0.39 is 0 Å². The van der Waals surface area contributed by atoms with Gasteiger partial charge in [0.2, 0.25) is 0 Å². The van der Waals surface area contributed by atoms with Crippen LogP contribution in [0.3, 0.4) is 0 Å². The molecular formula is C20H22N4O2. The second kappa shape index (κ2) is 6.88. The number of fused-ring (bicyclic) bond motifs is 2. The van der Waals surface area contributed by atoms with E-state index in [2.05, 4.69) is 14.5 Å². The molecule has 0 bridgehead atoms. The van der Waals surface area contributed by atoms with E-state index in [1.165, 1.54) is 0 Å². The molecule has 0 N–H and O–H groups in total. The Morgan fingerprint density at radius 2 is 2.08 bits per heavy atom. The number of methoxy groups -OCH3 is 1. The minimum absolute atomic E-state index is 0.0454. The van der Waals surface area contributed by atoms with Crippen LogP contribution in [0.4, 0.5) is 0 Å². The first-order chi connectivity index (χ1) is 12.7. The van der Waals surface area contributed by atoms with Crippen molar-refractivity contribution in [3.63, 3.8) is 0 Å². The predicted molar refractivity (Wildman–Crippen MR) is 99.0 cm³/mol. The van der Waals surface area contributed by atoms with Crippen LogP contribution in [0.25, 0.3) is 10.9 Å². The maximum atomic E-state index is 13.0. The maximum absolute atomic E-state index is 13.0. The van der Waals surface area contributed by atoms with E-state index >= 15 is 0 Å². The van der Waals surface area contributed by atoms with Gasteiger partial charge in [-0.3, -0.25) is 4.79 Å². The summed E-state index contributed by atoms with van der Waals surface area (Å²) < 4.78 is 7.38. The number of benzene rings is 1. The van der Waals surface area contributed by atoms with Gasteiger partial charge in [0.25, 0.3) is 5.91 Å². The smallest absolute Gasteiger partial charge is 0.273 e. The predicted octanol–water partition coefficient (Wildman–Crippen LogP) is 2.84. The van der Waals surface area contributed by atoms with Gasteiger partial charge in [-0.2, -0.15) is 0 Å². The molecule has 0 saturated carbocycles. The van der Waals surface area contributed by atoms with Crippen molar-refractivity contribution in [1.82, 2.24) is 19.4 Å². The molecule has 0 fully saturated rings. The number of para-hydroxylation sites is 1. The number of amides is 1. The number of imidazole rings is 1. The zero-order valence-corrected chi connectivity index (χ0v) is 15.1. The molecular weight excluding hydrogens is 328 g/mol. The number of carbonyl (C=O) groups excluding carboxylic acids is 1. The lowest BCUT2D eigenvalue weighted by atomic mass is 10.1. The number of ether oxygens (including phenoxy) is 1. The van der Waals surface area contributed by atoms with Crippen molar-refractivity contribution in [3.05, 3.63) is 59.8 Å². The van der Waals surface area contributed by atoms with E-state index in [0.717, 1.165) is 35.4 Å². The Kier molecular flexibility index (Phi) is 4.42. The first kappa shape index (κ1) is 16.7. The largest absolute Gasteiger partial charge is 0.384 e. The van der Waals surface area contributed by atoms with Gasteiger partial charge in [-0.25, -0.2) is 9.97 Å². The number of hydrogen-bond acceptors (Lipinski definition) is 4. The molecule has 1 amide bonds. The molecule has 1 atom stereocenters. The first-order valence-corrected chi connectivity index (χ1v) is 8.89. The van der Waals surface area contributed by atoms with Crippen molar-refractivity contribution in [2.75, 3.05) is 20.3 Å². The van der Waals surface area contributed by atoms with E-state index in [9.17, 15) is 4.79 Å². The molecule has 0 radical (unpaired) electrons. The Balaban J connectivity index is 1.59. The fourth-order valence-corrected chi connectivity index (χ4v) is 3.58. The Morgan fingerprint density at radius 1 is 1.23 bits per heavy atom. The molecule has 3 aromatic rings. The van der Waals surface area contributed by atoms with Crippen LogP contribution < -0.4 is 0 Å². The van der Waals surface area contributed by atoms with E-state index in [1.54, 1.807) is 7.11 Å². The van der Waals surface area contributed by atoms with Crippen LogP contribution >= 0.6 is 0 Å². The lowest BCUT2D eigenvalue weighted by molar-refractivity contribution is 0.0630. The number of nitrogens with zero attached hydrogens (tertiary/aromatic N) is 4. The lowest BCUT2D eigenvalue weighted by Gasteiger charge is -2.34. The summed E-state index contributed by atoms with van der Waals surface area (Å²) in [4.78, 5) is 24.0. The molecule has 0 unspecified atom stereocenters. The third-order valence-electron chi connectivity index (χ3n) is 5.02. The highest BCUT2D eigenvalue weighted by molar-refractivity contribution is 5.95. The quantitative estimate of drug-likeness (QED) is 0.726. The molecule has 3 heterocycles. The standard InChI is InChI=1S/C20H22N4O2/c1-14-19-21-13-16(9-12-26-2)24(19)11-10-23(14)20(25)18-8-7-15-5-3-4-6-17(15)22-18/h3-8,13-14H,9-12H2,1-2H3/t14-/m0/s1. The van der Waals surface area contributed by atoms with Gasteiger partial charge in [0, 0.05) is 43.9 Å². The van der Waals surface area contributed by atoms with Crippen LogP contribution in [0, 0.1) is 0 Å². The normalized spacial score (nSPS) is 16.7. The number of aromatic nitrogens is 3. The van der Waals surface area contributed by atoms with E-state index in [4.69, 9.17) is 4.74 Å². The van der Waals surface area contributed by atoms with Crippen molar-refractivity contribution in [2.24, 2.45) is 0 Å². The van der Waals surface area contributed by atoms with Crippen molar-refractivity contribution < 1.29 is 9.53 Å². The second-order valence-corrected chi connectivity index (χ2v) is 6.57. The van der Waals surface area contributed by atoms with Crippen molar-refractivity contribution >= 4 is 16.8 Å². The van der Waals surface area contributed by atoms with Crippen LogP contribution in [0.1, 0.15) is 35.0 Å². The average Bonchev–Trinajstić information content (AvgIpc) is 3.09. The van der Waals surface area contributed by atoms with Gasteiger partial charge < -0.3 is 14.2 Å². The molecule has 1 aromatic carbocycles. The monoisotopic (exact) mass is 350 g/mol. The maximum Gasteiger partial charge on any atom is 0.273 e. The zero-order valence-electron chi connectivity index (χ0n) is 15.1. The minimum atomic E-state index is -0.0826. The molecule has 0 aliphatic carbocycles. The Hall–Kier alpha value is -2.73. The number of hydrogen-bond donors (Lipinski definition) is 0. The third-order valence-corrected chi connectivity index (χ3v) is 5.02. The first-order valence-electron chi connectivity index (χ1n) is 8.89. The van der Waals surface area contributed by atoms with Gasteiger partial charge in [0.05, 0.1) is 18.2 Å². The van der Waals surface area contributed by atoms with Gasteiger partial charge in [-0.15, -0.1) is 0 Å². The summed E-state index contributed by atoms with van der Waals surface area (Å²) in [5.41, 5.74) is 2.48. The van der Waals surface area contributed by atoms with E-state index in [-0.39, 0.29) is 11.9 Å². The Labute approximate surface area is 152 Å². The molecule has 1 aliphatic heterocycles. The highest BCUT2D eigenvalue weighted by Crippen LogP contribution is 2.27. The third kappa shape index (κ3) is 2.86. The van der Waals surface area contributed by atoms with Crippen LogP contribution in [-0.4, -0.2) is 45.6 Å². The van der Waals surface area contributed by atoms with E-state index in [0.29, 0.717) is 18.8 Å². The summed E-state index contributed by atoms with van der Waals surface area (Å²) in [5.74, 6) is 0.882. The second-order valence-electron chi connectivity index (χ2n) is 6.57. The molecule has 4 rings (SSSR count). The van der Waals surface area contributed by atoms with Gasteiger partial charge >= 0.3 is 0 Å². The lowest BCUT2D eigenvalue weighted by Crippen LogP contribution is -2.41. The van der Waals surface area contributed by atoms with Crippen molar-refractivity contribution in [2.45, 2.75) is 25.9 Å². The molecule has 1 aliphatic rings. The topological polar surface area (TPSA) is 60.2 Å².